The highest BCUT2D eigenvalue weighted by Gasteiger charge is 2.22. The number of benzene rings is 2. The van der Waals surface area contributed by atoms with Crippen molar-refractivity contribution in [3.63, 3.8) is 0 Å². The van der Waals surface area contributed by atoms with E-state index < -0.39 is 5.97 Å². The van der Waals surface area contributed by atoms with Crippen molar-refractivity contribution in [1.82, 2.24) is 4.57 Å². The van der Waals surface area contributed by atoms with Gasteiger partial charge in [-0.3, -0.25) is 4.79 Å². The van der Waals surface area contributed by atoms with E-state index in [4.69, 9.17) is 16.3 Å². The fourth-order valence-corrected chi connectivity index (χ4v) is 4.54. The molecule has 0 atom stereocenters. The summed E-state index contributed by atoms with van der Waals surface area (Å²) in [6.45, 7) is 2.55. The van der Waals surface area contributed by atoms with Crippen LogP contribution in [0.3, 0.4) is 0 Å². The number of nitrogens with one attached hydrogen (secondary N) is 1. The van der Waals surface area contributed by atoms with Crippen LogP contribution in [0.15, 0.2) is 66.2 Å². The maximum Gasteiger partial charge on any atom is 0.341 e. The molecule has 4 aromatic rings. The highest BCUT2D eigenvalue weighted by atomic mass is 35.5. The lowest BCUT2D eigenvalue weighted by Crippen LogP contribution is -2.16. The quantitative estimate of drug-likeness (QED) is 0.338. The van der Waals surface area contributed by atoms with Crippen molar-refractivity contribution in [2.75, 3.05) is 11.9 Å². The number of hydrogen-bond acceptors (Lipinski definition) is 4. The molecule has 0 saturated carbocycles. The summed E-state index contributed by atoms with van der Waals surface area (Å²) >= 11 is 7.30. The van der Waals surface area contributed by atoms with E-state index in [1.807, 2.05) is 54.0 Å². The number of aryl methyl sites for hydroxylation is 1. The standard InChI is InChI=1S/C24H21ClN2O3S/c1-2-30-24(29)22-19(16-7-9-18(25)10-8-16)15-31-23(22)26-21(28)12-14-27-13-11-17-5-3-4-6-20(17)27/h3-11,13,15H,2,12,14H2,1H3,(H,26,28). The number of carbonyl (C=O) groups is 2. The zero-order valence-electron chi connectivity index (χ0n) is 16.9. The van der Waals surface area contributed by atoms with Crippen molar-refractivity contribution in [1.29, 1.82) is 0 Å². The minimum absolute atomic E-state index is 0.159. The van der Waals surface area contributed by atoms with Gasteiger partial charge in [-0.1, -0.05) is 41.9 Å². The molecule has 0 radical (unpaired) electrons. The number of thiophene rings is 1. The van der Waals surface area contributed by atoms with Crippen LogP contribution in [0.5, 0.6) is 0 Å². The maximum atomic E-state index is 12.7. The highest BCUT2D eigenvalue weighted by Crippen LogP contribution is 2.36. The Bertz CT molecular complexity index is 1230. The number of anilines is 1. The molecule has 0 aliphatic heterocycles. The van der Waals surface area contributed by atoms with Gasteiger partial charge in [0.2, 0.25) is 5.91 Å². The Balaban J connectivity index is 1.53. The number of halogens is 1. The second kappa shape index (κ2) is 9.37. The molecular formula is C24H21ClN2O3S. The molecule has 5 nitrogen and oxygen atoms in total. The molecule has 0 aliphatic rings. The first-order valence-electron chi connectivity index (χ1n) is 9.95. The number of amides is 1. The molecule has 2 aromatic carbocycles. The minimum Gasteiger partial charge on any atom is -0.462 e. The van der Waals surface area contributed by atoms with Crippen molar-refractivity contribution in [3.8, 4) is 11.1 Å². The predicted molar refractivity (Wildman–Crippen MR) is 126 cm³/mol. The first-order chi connectivity index (χ1) is 15.1. The average Bonchev–Trinajstić information content (AvgIpc) is 3.37. The molecule has 0 saturated heterocycles. The first-order valence-corrected chi connectivity index (χ1v) is 11.2. The Morgan fingerprint density at radius 3 is 2.65 bits per heavy atom. The minimum atomic E-state index is -0.458. The fraction of sp³-hybridized carbons (Fsp3) is 0.167. The third kappa shape index (κ3) is 4.65. The van der Waals surface area contributed by atoms with Crippen molar-refractivity contribution in [2.45, 2.75) is 19.9 Å². The number of fused-ring (bicyclic) bond motifs is 1. The number of carbonyl (C=O) groups excluding carboxylic acids is 2. The van der Waals surface area contributed by atoms with Crippen LogP contribution < -0.4 is 5.32 Å². The van der Waals surface area contributed by atoms with Gasteiger partial charge >= 0.3 is 5.97 Å². The molecule has 0 spiro atoms. The number of rotatable bonds is 7. The summed E-state index contributed by atoms with van der Waals surface area (Å²) in [6.07, 6.45) is 2.26. The van der Waals surface area contributed by atoms with E-state index in [1.54, 1.807) is 19.1 Å². The maximum absolute atomic E-state index is 12.7. The Kier molecular flexibility index (Phi) is 6.39. The topological polar surface area (TPSA) is 60.3 Å². The van der Waals surface area contributed by atoms with E-state index in [2.05, 4.69) is 9.88 Å². The van der Waals surface area contributed by atoms with Crippen LogP contribution >= 0.6 is 22.9 Å². The number of aromatic nitrogens is 1. The SMILES string of the molecule is CCOC(=O)c1c(-c2ccc(Cl)cc2)csc1NC(=O)CCn1ccc2ccccc21. The van der Waals surface area contributed by atoms with Crippen molar-refractivity contribution in [3.05, 3.63) is 76.8 Å². The van der Waals surface area contributed by atoms with Gasteiger partial charge in [0.15, 0.2) is 0 Å². The fourth-order valence-electron chi connectivity index (χ4n) is 3.44. The van der Waals surface area contributed by atoms with E-state index >= 15 is 0 Å². The summed E-state index contributed by atoms with van der Waals surface area (Å²) in [5.41, 5.74) is 3.01. The lowest BCUT2D eigenvalue weighted by molar-refractivity contribution is -0.116. The lowest BCUT2D eigenvalue weighted by Gasteiger charge is -2.10. The van der Waals surface area contributed by atoms with Crippen LogP contribution in [0.4, 0.5) is 5.00 Å². The van der Waals surface area contributed by atoms with Crippen LogP contribution in [-0.2, 0) is 16.1 Å². The molecule has 4 rings (SSSR count). The Morgan fingerprint density at radius 1 is 1.10 bits per heavy atom. The van der Waals surface area contributed by atoms with E-state index in [-0.39, 0.29) is 18.9 Å². The molecular weight excluding hydrogens is 432 g/mol. The molecule has 0 aliphatic carbocycles. The predicted octanol–water partition coefficient (Wildman–Crippen LogP) is 6.23. The summed E-state index contributed by atoms with van der Waals surface area (Å²) in [5.74, 6) is -0.617. The van der Waals surface area contributed by atoms with Crippen LogP contribution in [0.2, 0.25) is 5.02 Å². The molecule has 2 aromatic heterocycles. The number of ether oxygens (including phenoxy) is 1. The van der Waals surface area contributed by atoms with Crippen molar-refractivity contribution < 1.29 is 14.3 Å². The Hall–Kier alpha value is -3.09. The molecule has 31 heavy (non-hydrogen) atoms. The first kappa shape index (κ1) is 21.2. The lowest BCUT2D eigenvalue weighted by atomic mass is 10.0. The molecule has 2 heterocycles. The zero-order chi connectivity index (χ0) is 21.8. The molecule has 0 fully saturated rings. The highest BCUT2D eigenvalue weighted by molar-refractivity contribution is 7.15. The van der Waals surface area contributed by atoms with E-state index in [9.17, 15) is 9.59 Å². The normalized spacial score (nSPS) is 10.9. The van der Waals surface area contributed by atoms with Crippen LogP contribution in [-0.4, -0.2) is 23.1 Å². The van der Waals surface area contributed by atoms with Gasteiger partial charge < -0.3 is 14.6 Å². The van der Waals surface area contributed by atoms with Crippen molar-refractivity contribution in [2.24, 2.45) is 0 Å². The zero-order valence-corrected chi connectivity index (χ0v) is 18.5. The number of hydrogen-bond donors (Lipinski definition) is 1. The van der Waals surface area contributed by atoms with Crippen LogP contribution in [0.1, 0.15) is 23.7 Å². The second-order valence-corrected chi connectivity index (χ2v) is 8.26. The van der Waals surface area contributed by atoms with Gasteiger partial charge in [0, 0.05) is 40.6 Å². The average molecular weight is 453 g/mol. The van der Waals surface area contributed by atoms with E-state index in [1.165, 1.54) is 11.3 Å². The molecule has 1 amide bonds. The van der Waals surface area contributed by atoms with Crippen LogP contribution in [0, 0.1) is 0 Å². The monoisotopic (exact) mass is 452 g/mol. The van der Waals surface area contributed by atoms with Crippen molar-refractivity contribution >= 4 is 50.7 Å². The van der Waals surface area contributed by atoms with Gasteiger partial charge in [0.05, 0.1) is 6.61 Å². The van der Waals surface area contributed by atoms with Crippen LogP contribution in [0.25, 0.3) is 22.0 Å². The Morgan fingerprint density at radius 2 is 1.87 bits per heavy atom. The van der Waals surface area contributed by atoms with Gasteiger partial charge in [0.25, 0.3) is 0 Å². The van der Waals surface area contributed by atoms with Gasteiger partial charge in [-0.25, -0.2) is 4.79 Å². The van der Waals surface area contributed by atoms with Gasteiger partial charge in [-0.2, -0.15) is 0 Å². The van der Waals surface area contributed by atoms with Gasteiger partial charge in [-0.15, -0.1) is 11.3 Å². The largest absolute Gasteiger partial charge is 0.462 e. The summed E-state index contributed by atoms with van der Waals surface area (Å²) in [4.78, 5) is 25.3. The summed E-state index contributed by atoms with van der Waals surface area (Å²) in [5, 5.41) is 7.00. The van der Waals surface area contributed by atoms with Gasteiger partial charge in [0.1, 0.15) is 10.6 Å². The molecule has 1 N–H and O–H groups in total. The van der Waals surface area contributed by atoms with E-state index in [0.717, 1.165) is 16.5 Å². The second-order valence-electron chi connectivity index (χ2n) is 6.95. The molecule has 7 heteroatoms. The number of nitrogens with zero attached hydrogens (tertiary/aromatic N) is 1. The Labute approximate surface area is 189 Å². The smallest absolute Gasteiger partial charge is 0.341 e. The summed E-state index contributed by atoms with van der Waals surface area (Å²) in [6, 6.07) is 17.3. The summed E-state index contributed by atoms with van der Waals surface area (Å²) < 4.78 is 7.30. The molecule has 0 bridgehead atoms. The third-order valence-electron chi connectivity index (χ3n) is 4.94. The third-order valence-corrected chi connectivity index (χ3v) is 6.09. The summed E-state index contributed by atoms with van der Waals surface area (Å²) in [7, 11) is 0. The number of para-hydroxylation sites is 1. The molecule has 158 valence electrons. The van der Waals surface area contributed by atoms with E-state index in [0.29, 0.717) is 27.7 Å². The number of esters is 1. The van der Waals surface area contributed by atoms with Gasteiger partial charge in [-0.05, 0) is 42.1 Å². The molecule has 0 unspecified atom stereocenters.